The molecule has 1 heterocycles. The van der Waals surface area contributed by atoms with Crippen molar-refractivity contribution in [3.8, 4) is 0 Å². The number of aryl methyl sites for hydroxylation is 1. The van der Waals surface area contributed by atoms with Gasteiger partial charge in [-0.25, -0.2) is 4.99 Å². The monoisotopic (exact) mass is 308 g/mol. The number of nitrogens with zero attached hydrogens (tertiary/aromatic N) is 1. The largest absolute Gasteiger partial charge is 0.300 e. The van der Waals surface area contributed by atoms with E-state index in [9.17, 15) is 4.79 Å². The predicted octanol–water partition coefficient (Wildman–Crippen LogP) is 4.20. The summed E-state index contributed by atoms with van der Waals surface area (Å²) in [4.78, 5) is 17.3. The minimum atomic E-state index is -0.0992. The van der Waals surface area contributed by atoms with Crippen LogP contribution in [-0.2, 0) is 4.79 Å². The lowest BCUT2D eigenvalue weighted by Gasteiger charge is -2.04. The molecular weight excluding hydrogens is 292 g/mol. The van der Waals surface area contributed by atoms with Crippen LogP contribution in [0, 0.1) is 13.8 Å². The Kier molecular flexibility index (Phi) is 4.11. The Morgan fingerprint density at radius 2 is 1.82 bits per heavy atom. The summed E-state index contributed by atoms with van der Waals surface area (Å²) in [6, 6.07) is 15.8. The third-order valence-electron chi connectivity index (χ3n) is 3.55. The van der Waals surface area contributed by atoms with Crippen LogP contribution in [0.3, 0.4) is 0 Å². The van der Waals surface area contributed by atoms with E-state index in [1.165, 1.54) is 17.3 Å². The molecule has 1 fully saturated rings. The van der Waals surface area contributed by atoms with Gasteiger partial charge in [-0.3, -0.25) is 4.79 Å². The van der Waals surface area contributed by atoms with Gasteiger partial charge in [-0.2, -0.15) is 0 Å². The zero-order chi connectivity index (χ0) is 15.5. The van der Waals surface area contributed by atoms with E-state index in [2.05, 4.69) is 23.3 Å². The summed E-state index contributed by atoms with van der Waals surface area (Å²) >= 11 is 1.37. The molecule has 4 heteroatoms. The molecule has 3 rings (SSSR count). The summed E-state index contributed by atoms with van der Waals surface area (Å²) < 4.78 is 0. The molecule has 0 unspecified atom stereocenters. The Labute approximate surface area is 134 Å². The second kappa shape index (κ2) is 6.20. The van der Waals surface area contributed by atoms with Crippen molar-refractivity contribution in [1.29, 1.82) is 0 Å². The fourth-order valence-corrected chi connectivity index (χ4v) is 2.98. The van der Waals surface area contributed by atoms with Gasteiger partial charge >= 0.3 is 0 Å². The molecule has 0 atom stereocenters. The highest BCUT2D eigenvalue weighted by Crippen LogP contribution is 2.29. The second-order valence-electron chi connectivity index (χ2n) is 5.11. The van der Waals surface area contributed by atoms with Crippen molar-refractivity contribution in [2.75, 3.05) is 0 Å². The lowest BCUT2D eigenvalue weighted by Crippen LogP contribution is -2.19. The maximum absolute atomic E-state index is 12.1. The van der Waals surface area contributed by atoms with E-state index in [-0.39, 0.29) is 5.91 Å². The maximum Gasteiger partial charge on any atom is 0.264 e. The van der Waals surface area contributed by atoms with Crippen LogP contribution in [0.25, 0.3) is 6.08 Å². The molecule has 0 aliphatic carbocycles. The van der Waals surface area contributed by atoms with Gasteiger partial charge in [0.1, 0.15) is 0 Å². The van der Waals surface area contributed by atoms with Crippen LogP contribution in [0.1, 0.15) is 16.7 Å². The number of carbonyl (C=O) groups is 1. The van der Waals surface area contributed by atoms with Gasteiger partial charge in [0.2, 0.25) is 0 Å². The number of amidine groups is 1. The first-order valence-electron chi connectivity index (χ1n) is 7.04. The third-order valence-corrected chi connectivity index (χ3v) is 4.46. The molecule has 3 nitrogen and oxygen atoms in total. The molecule has 2 aromatic rings. The first-order chi connectivity index (χ1) is 10.6. The van der Waals surface area contributed by atoms with Gasteiger partial charge in [0.15, 0.2) is 5.17 Å². The van der Waals surface area contributed by atoms with Crippen LogP contribution in [0.4, 0.5) is 5.69 Å². The minimum Gasteiger partial charge on any atom is -0.300 e. The summed E-state index contributed by atoms with van der Waals surface area (Å²) in [5.74, 6) is -0.0992. The van der Waals surface area contributed by atoms with Crippen molar-refractivity contribution >= 4 is 34.6 Å². The summed E-state index contributed by atoms with van der Waals surface area (Å²) in [5, 5.41) is 3.45. The Bertz CT molecular complexity index is 779. The minimum absolute atomic E-state index is 0.0992. The van der Waals surface area contributed by atoms with Gasteiger partial charge in [0, 0.05) is 0 Å². The average Bonchev–Trinajstić information content (AvgIpc) is 2.85. The van der Waals surface area contributed by atoms with Gasteiger partial charge in [-0.1, -0.05) is 42.5 Å². The normalized spacial score (nSPS) is 18.0. The number of hydrogen-bond acceptors (Lipinski definition) is 3. The first kappa shape index (κ1) is 14.6. The number of hydrogen-bond donors (Lipinski definition) is 1. The molecule has 0 aromatic heterocycles. The number of aliphatic imine (C=N–C) groups is 1. The Morgan fingerprint density at radius 3 is 2.59 bits per heavy atom. The molecule has 1 amide bonds. The standard InChI is InChI=1S/C18H16N2OS/c1-12-7-6-10-15(13(12)2)19-18-20-17(21)16(22-18)11-14-8-4-3-5-9-14/h3-11H,1-2H3,(H,19,20,21). The van der Waals surface area contributed by atoms with E-state index in [1.54, 1.807) is 0 Å². The highest BCUT2D eigenvalue weighted by Gasteiger charge is 2.23. The lowest BCUT2D eigenvalue weighted by atomic mass is 10.1. The Balaban J connectivity index is 1.87. The second-order valence-corrected chi connectivity index (χ2v) is 6.14. The topological polar surface area (TPSA) is 41.5 Å². The molecule has 0 spiro atoms. The number of benzene rings is 2. The Hall–Kier alpha value is -2.33. The van der Waals surface area contributed by atoms with Crippen molar-refractivity contribution in [1.82, 2.24) is 5.32 Å². The molecular formula is C18H16N2OS. The average molecular weight is 308 g/mol. The van der Waals surface area contributed by atoms with Gasteiger partial charge < -0.3 is 5.32 Å². The van der Waals surface area contributed by atoms with Gasteiger partial charge in [-0.05, 0) is 54.4 Å². The van der Waals surface area contributed by atoms with Crippen LogP contribution in [-0.4, -0.2) is 11.1 Å². The number of nitrogens with one attached hydrogen (secondary N) is 1. The van der Waals surface area contributed by atoms with Gasteiger partial charge in [0.05, 0.1) is 10.6 Å². The molecule has 110 valence electrons. The molecule has 1 N–H and O–H groups in total. The van der Waals surface area contributed by atoms with Gasteiger partial charge in [0.25, 0.3) is 5.91 Å². The van der Waals surface area contributed by atoms with E-state index >= 15 is 0 Å². The number of carbonyl (C=O) groups excluding carboxylic acids is 1. The van der Waals surface area contributed by atoms with Crippen LogP contribution in [0.5, 0.6) is 0 Å². The van der Waals surface area contributed by atoms with Crippen LogP contribution in [0.2, 0.25) is 0 Å². The summed E-state index contributed by atoms with van der Waals surface area (Å²) in [6.07, 6.45) is 1.88. The quantitative estimate of drug-likeness (QED) is 0.845. The fourth-order valence-electron chi connectivity index (χ4n) is 2.15. The van der Waals surface area contributed by atoms with E-state index in [0.29, 0.717) is 10.1 Å². The molecule has 0 saturated carbocycles. The number of thioether (sulfide) groups is 1. The molecule has 0 radical (unpaired) electrons. The number of amides is 1. The summed E-state index contributed by atoms with van der Waals surface area (Å²) in [6.45, 7) is 4.09. The van der Waals surface area contributed by atoms with Crippen molar-refractivity contribution in [2.45, 2.75) is 13.8 Å². The summed E-state index contributed by atoms with van der Waals surface area (Å²) in [5.41, 5.74) is 4.22. The summed E-state index contributed by atoms with van der Waals surface area (Å²) in [7, 11) is 0. The molecule has 0 bridgehead atoms. The van der Waals surface area contributed by atoms with Crippen molar-refractivity contribution in [3.05, 3.63) is 70.1 Å². The van der Waals surface area contributed by atoms with E-state index in [4.69, 9.17) is 0 Å². The predicted molar refractivity (Wildman–Crippen MR) is 93.2 cm³/mol. The van der Waals surface area contributed by atoms with Crippen molar-refractivity contribution < 1.29 is 4.79 Å². The van der Waals surface area contributed by atoms with Crippen molar-refractivity contribution in [3.63, 3.8) is 0 Å². The fraction of sp³-hybridized carbons (Fsp3) is 0.111. The molecule has 22 heavy (non-hydrogen) atoms. The van der Waals surface area contributed by atoms with Gasteiger partial charge in [-0.15, -0.1) is 0 Å². The third kappa shape index (κ3) is 3.12. The van der Waals surface area contributed by atoms with Crippen molar-refractivity contribution in [2.24, 2.45) is 4.99 Å². The highest BCUT2D eigenvalue weighted by molar-refractivity contribution is 8.18. The number of rotatable bonds is 2. The van der Waals surface area contributed by atoms with Crippen LogP contribution in [0.15, 0.2) is 58.4 Å². The Morgan fingerprint density at radius 1 is 1.05 bits per heavy atom. The smallest absolute Gasteiger partial charge is 0.264 e. The molecule has 2 aromatic carbocycles. The first-order valence-corrected chi connectivity index (χ1v) is 7.86. The molecule has 1 aliphatic heterocycles. The van der Waals surface area contributed by atoms with E-state index in [0.717, 1.165) is 16.8 Å². The van der Waals surface area contributed by atoms with Crippen LogP contribution < -0.4 is 5.32 Å². The van der Waals surface area contributed by atoms with E-state index < -0.39 is 0 Å². The maximum atomic E-state index is 12.1. The zero-order valence-corrected chi connectivity index (χ0v) is 13.3. The van der Waals surface area contributed by atoms with E-state index in [1.807, 2.05) is 55.5 Å². The SMILES string of the molecule is Cc1cccc(N=C2NC(=O)C(=Cc3ccccc3)S2)c1C. The lowest BCUT2D eigenvalue weighted by molar-refractivity contribution is -0.115. The zero-order valence-electron chi connectivity index (χ0n) is 12.5. The molecule has 1 aliphatic rings. The van der Waals surface area contributed by atoms with Crippen LogP contribution >= 0.6 is 11.8 Å². The highest BCUT2D eigenvalue weighted by atomic mass is 32.2. The molecule has 1 saturated heterocycles.